The second-order valence-corrected chi connectivity index (χ2v) is 10.7. The first-order valence-corrected chi connectivity index (χ1v) is 11.7. The zero-order chi connectivity index (χ0) is 19.4. The molecule has 2 aromatic carbocycles. The first kappa shape index (κ1) is 20.2. The summed E-state index contributed by atoms with van der Waals surface area (Å²) >= 11 is 7.51. The molecule has 0 aliphatic heterocycles. The number of sulfone groups is 1. The predicted molar refractivity (Wildman–Crippen MR) is 111 cm³/mol. The average molecular weight is 424 g/mol. The molecule has 1 amide bonds. The largest absolute Gasteiger partial charge is 0.325 e. The topological polar surface area (TPSA) is 63.2 Å². The van der Waals surface area contributed by atoms with E-state index in [1.807, 2.05) is 18.2 Å². The quantitative estimate of drug-likeness (QED) is 0.650. The molecule has 1 atom stereocenters. The molecule has 4 nitrogen and oxygen atoms in total. The highest BCUT2D eigenvalue weighted by Gasteiger charge is 2.30. The number of halogens is 1. The van der Waals surface area contributed by atoms with Gasteiger partial charge in [0, 0.05) is 10.6 Å². The minimum absolute atomic E-state index is 0.199. The summed E-state index contributed by atoms with van der Waals surface area (Å²) in [6, 6.07) is 13.9. The van der Waals surface area contributed by atoms with Crippen LogP contribution in [0.2, 0.25) is 5.02 Å². The van der Waals surface area contributed by atoms with E-state index < -0.39 is 9.84 Å². The Morgan fingerprint density at radius 1 is 1.15 bits per heavy atom. The summed E-state index contributed by atoms with van der Waals surface area (Å²) in [6.45, 7) is 1.79. The van der Waals surface area contributed by atoms with Gasteiger partial charge < -0.3 is 5.32 Å². The Morgan fingerprint density at radius 2 is 1.85 bits per heavy atom. The molecule has 0 spiro atoms. The van der Waals surface area contributed by atoms with E-state index in [1.165, 1.54) is 11.8 Å². The van der Waals surface area contributed by atoms with Crippen LogP contribution in [0.5, 0.6) is 0 Å². The first-order chi connectivity index (χ1) is 12.9. The molecule has 144 valence electrons. The molecular weight excluding hydrogens is 402 g/mol. The van der Waals surface area contributed by atoms with Crippen LogP contribution in [0.1, 0.15) is 32.6 Å². The summed E-state index contributed by atoms with van der Waals surface area (Å²) in [5.74, 6) is -0.199. The van der Waals surface area contributed by atoms with Crippen molar-refractivity contribution in [3.63, 3.8) is 0 Å². The third kappa shape index (κ3) is 4.86. The molecule has 1 fully saturated rings. The lowest BCUT2D eigenvalue weighted by atomic mass is 10.3. The number of benzene rings is 2. The Kier molecular flexibility index (Phi) is 6.50. The fourth-order valence-electron chi connectivity index (χ4n) is 3.17. The van der Waals surface area contributed by atoms with Crippen molar-refractivity contribution in [1.29, 1.82) is 0 Å². The van der Waals surface area contributed by atoms with Crippen LogP contribution in [0, 0.1) is 0 Å². The standard InChI is InChI=1S/C20H22ClNO3S2/c1-14(26-19-12-5-4-11-18(19)21)20(23)22-15-7-6-10-17(13-15)27(24,25)16-8-2-3-9-16/h4-7,10-14,16H,2-3,8-9H2,1H3,(H,22,23). The maximum absolute atomic E-state index is 12.8. The van der Waals surface area contributed by atoms with Gasteiger partial charge in [-0.25, -0.2) is 8.42 Å². The third-order valence-electron chi connectivity index (χ3n) is 4.68. The molecule has 0 bridgehead atoms. The normalized spacial score (nSPS) is 16.2. The van der Waals surface area contributed by atoms with Crippen molar-refractivity contribution in [2.45, 2.75) is 52.9 Å². The van der Waals surface area contributed by atoms with Crippen molar-refractivity contribution in [3.8, 4) is 0 Å². The number of rotatable bonds is 6. The highest BCUT2D eigenvalue weighted by atomic mass is 35.5. The van der Waals surface area contributed by atoms with E-state index in [0.29, 0.717) is 23.6 Å². The van der Waals surface area contributed by atoms with Crippen LogP contribution in [0.4, 0.5) is 5.69 Å². The number of anilines is 1. The van der Waals surface area contributed by atoms with E-state index >= 15 is 0 Å². The minimum Gasteiger partial charge on any atom is -0.325 e. The van der Waals surface area contributed by atoms with Gasteiger partial charge in [-0.05, 0) is 50.1 Å². The summed E-state index contributed by atoms with van der Waals surface area (Å²) in [5, 5.41) is 2.74. The highest BCUT2D eigenvalue weighted by molar-refractivity contribution is 8.00. The van der Waals surface area contributed by atoms with Crippen LogP contribution in [-0.4, -0.2) is 24.8 Å². The fraction of sp³-hybridized carbons (Fsp3) is 0.350. The second-order valence-electron chi connectivity index (χ2n) is 6.66. The molecule has 27 heavy (non-hydrogen) atoms. The van der Waals surface area contributed by atoms with E-state index in [4.69, 9.17) is 11.6 Å². The summed E-state index contributed by atoms with van der Waals surface area (Å²) in [6.07, 6.45) is 3.34. The SMILES string of the molecule is CC(Sc1ccccc1Cl)C(=O)Nc1cccc(S(=O)(=O)C2CCCC2)c1. The molecule has 0 aromatic heterocycles. The van der Waals surface area contributed by atoms with Crippen molar-refractivity contribution >= 4 is 44.8 Å². The van der Waals surface area contributed by atoms with Gasteiger partial charge in [-0.2, -0.15) is 0 Å². The maximum Gasteiger partial charge on any atom is 0.237 e. The smallest absolute Gasteiger partial charge is 0.237 e. The van der Waals surface area contributed by atoms with Crippen LogP contribution in [0.25, 0.3) is 0 Å². The van der Waals surface area contributed by atoms with Crippen molar-refractivity contribution in [3.05, 3.63) is 53.6 Å². The van der Waals surface area contributed by atoms with Gasteiger partial charge in [0.2, 0.25) is 5.91 Å². The van der Waals surface area contributed by atoms with Crippen LogP contribution in [0.15, 0.2) is 58.3 Å². The monoisotopic (exact) mass is 423 g/mol. The van der Waals surface area contributed by atoms with Gasteiger partial charge in [0.1, 0.15) is 0 Å². The average Bonchev–Trinajstić information content (AvgIpc) is 3.19. The lowest BCUT2D eigenvalue weighted by molar-refractivity contribution is -0.115. The molecule has 0 radical (unpaired) electrons. The number of hydrogen-bond donors (Lipinski definition) is 1. The number of nitrogens with one attached hydrogen (secondary N) is 1. The molecule has 2 aromatic rings. The Balaban J connectivity index is 1.70. The van der Waals surface area contributed by atoms with E-state index in [2.05, 4.69) is 5.32 Å². The van der Waals surface area contributed by atoms with Crippen molar-refractivity contribution in [2.24, 2.45) is 0 Å². The zero-order valence-corrected chi connectivity index (χ0v) is 17.4. The van der Waals surface area contributed by atoms with E-state index in [-0.39, 0.29) is 21.3 Å². The molecule has 0 saturated heterocycles. The molecular formula is C20H22ClNO3S2. The van der Waals surface area contributed by atoms with Gasteiger partial charge in [0.05, 0.1) is 20.4 Å². The summed E-state index contributed by atoms with van der Waals surface area (Å²) < 4.78 is 25.5. The number of hydrogen-bond acceptors (Lipinski definition) is 4. The zero-order valence-electron chi connectivity index (χ0n) is 15.0. The van der Waals surface area contributed by atoms with Crippen LogP contribution in [-0.2, 0) is 14.6 Å². The van der Waals surface area contributed by atoms with Crippen molar-refractivity contribution < 1.29 is 13.2 Å². The lowest BCUT2D eigenvalue weighted by Gasteiger charge is -2.15. The molecule has 1 aliphatic carbocycles. The van der Waals surface area contributed by atoms with Crippen LogP contribution < -0.4 is 5.32 Å². The molecule has 1 aliphatic rings. The van der Waals surface area contributed by atoms with Crippen molar-refractivity contribution in [2.75, 3.05) is 5.32 Å². The Morgan fingerprint density at radius 3 is 2.56 bits per heavy atom. The van der Waals surface area contributed by atoms with Crippen LogP contribution in [0.3, 0.4) is 0 Å². The van der Waals surface area contributed by atoms with Gasteiger partial charge in [-0.3, -0.25) is 4.79 Å². The third-order valence-corrected chi connectivity index (χ3v) is 8.56. The van der Waals surface area contributed by atoms with Gasteiger partial charge in [-0.15, -0.1) is 11.8 Å². The van der Waals surface area contributed by atoms with Gasteiger partial charge in [-0.1, -0.05) is 42.6 Å². The summed E-state index contributed by atoms with van der Waals surface area (Å²) in [4.78, 5) is 13.6. The number of carbonyl (C=O) groups is 1. The number of thioether (sulfide) groups is 1. The molecule has 1 unspecified atom stereocenters. The number of carbonyl (C=O) groups excluding carboxylic acids is 1. The Hall–Kier alpha value is -1.50. The van der Waals surface area contributed by atoms with Gasteiger partial charge >= 0.3 is 0 Å². The fourth-order valence-corrected chi connectivity index (χ4v) is 6.22. The maximum atomic E-state index is 12.8. The van der Waals surface area contributed by atoms with E-state index in [1.54, 1.807) is 37.3 Å². The summed E-state index contributed by atoms with van der Waals surface area (Å²) in [7, 11) is -3.35. The molecule has 1 saturated carbocycles. The molecule has 3 rings (SSSR count). The Bertz CT molecular complexity index is 924. The first-order valence-electron chi connectivity index (χ1n) is 8.94. The number of amides is 1. The van der Waals surface area contributed by atoms with Crippen molar-refractivity contribution in [1.82, 2.24) is 0 Å². The van der Waals surface area contributed by atoms with Gasteiger partial charge in [0.15, 0.2) is 9.84 Å². The molecule has 7 heteroatoms. The van der Waals surface area contributed by atoms with E-state index in [0.717, 1.165) is 17.7 Å². The minimum atomic E-state index is -3.35. The van der Waals surface area contributed by atoms with Crippen LogP contribution >= 0.6 is 23.4 Å². The second kappa shape index (κ2) is 8.67. The highest BCUT2D eigenvalue weighted by Crippen LogP contribution is 2.32. The Labute approximate surface area is 169 Å². The van der Waals surface area contributed by atoms with E-state index in [9.17, 15) is 13.2 Å². The summed E-state index contributed by atoms with van der Waals surface area (Å²) in [5.41, 5.74) is 0.491. The predicted octanol–water partition coefficient (Wildman–Crippen LogP) is 5.18. The van der Waals surface area contributed by atoms with Gasteiger partial charge in [0.25, 0.3) is 0 Å². The molecule has 0 heterocycles. The lowest BCUT2D eigenvalue weighted by Crippen LogP contribution is -2.23. The molecule has 1 N–H and O–H groups in total.